The first kappa shape index (κ1) is 15.5. The van der Waals surface area contributed by atoms with E-state index in [1.807, 2.05) is 12.1 Å². The molecule has 0 amide bonds. The Morgan fingerprint density at radius 3 is 2.55 bits per heavy atom. The maximum Gasteiger partial charge on any atom is 0.137 e. The molecule has 0 saturated carbocycles. The van der Waals surface area contributed by atoms with E-state index in [4.69, 9.17) is 23.2 Å². The van der Waals surface area contributed by atoms with Gasteiger partial charge in [-0.25, -0.2) is 9.97 Å². The van der Waals surface area contributed by atoms with Crippen molar-refractivity contribution in [3.63, 3.8) is 0 Å². The van der Waals surface area contributed by atoms with Gasteiger partial charge in [0, 0.05) is 22.9 Å². The highest BCUT2D eigenvalue weighted by Gasteiger charge is 2.18. The van der Waals surface area contributed by atoms with Gasteiger partial charge < -0.3 is 5.32 Å². The van der Waals surface area contributed by atoms with Crippen LogP contribution in [0, 0.1) is 0 Å². The summed E-state index contributed by atoms with van der Waals surface area (Å²) in [7, 11) is 0. The average molecular weight is 330 g/mol. The predicted octanol–water partition coefficient (Wildman–Crippen LogP) is 4.80. The summed E-state index contributed by atoms with van der Waals surface area (Å²) in [6, 6.07) is 5.71. The molecule has 6 heteroatoms. The quantitative estimate of drug-likeness (QED) is 0.819. The summed E-state index contributed by atoms with van der Waals surface area (Å²) < 4.78 is 0.820. The largest absolute Gasteiger partial charge is 0.370 e. The second-order valence-corrected chi connectivity index (χ2v) is 7.72. The molecule has 1 N–H and O–H groups in total. The highest BCUT2D eigenvalue weighted by atomic mass is 35.5. The lowest BCUT2D eigenvalue weighted by Crippen LogP contribution is -2.17. The van der Waals surface area contributed by atoms with Crippen molar-refractivity contribution < 1.29 is 0 Å². The number of hydrogen-bond donors (Lipinski definition) is 1. The third-order valence-corrected chi connectivity index (χ3v) is 4.16. The molecule has 2 aromatic rings. The van der Waals surface area contributed by atoms with Gasteiger partial charge >= 0.3 is 0 Å². The van der Waals surface area contributed by atoms with E-state index in [1.165, 1.54) is 4.88 Å². The number of hydrogen-bond acceptors (Lipinski definition) is 4. The number of aromatic nitrogens is 2. The Morgan fingerprint density at radius 1 is 1.20 bits per heavy atom. The van der Waals surface area contributed by atoms with Crippen molar-refractivity contribution in [2.45, 2.75) is 32.6 Å². The minimum absolute atomic E-state index is 0.122. The molecule has 20 heavy (non-hydrogen) atoms. The molecule has 0 radical (unpaired) electrons. The van der Waals surface area contributed by atoms with Crippen molar-refractivity contribution in [3.05, 3.63) is 38.4 Å². The van der Waals surface area contributed by atoms with Crippen molar-refractivity contribution in [3.8, 4) is 0 Å². The zero-order chi connectivity index (χ0) is 14.8. The molecule has 0 unspecified atom stereocenters. The van der Waals surface area contributed by atoms with Gasteiger partial charge in [0.25, 0.3) is 0 Å². The van der Waals surface area contributed by atoms with E-state index in [0.29, 0.717) is 5.15 Å². The highest BCUT2D eigenvalue weighted by Crippen LogP contribution is 2.23. The number of thiophene rings is 1. The van der Waals surface area contributed by atoms with E-state index < -0.39 is 0 Å². The fourth-order valence-corrected chi connectivity index (χ4v) is 2.91. The van der Waals surface area contributed by atoms with Crippen LogP contribution in [0.1, 0.15) is 31.5 Å². The van der Waals surface area contributed by atoms with Gasteiger partial charge in [0.15, 0.2) is 0 Å². The Bertz CT molecular complexity index is 590. The molecule has 2 rings (SSSR count). The molecular formula is C14H17Cl2N3S. The standard InChI is InChI=1S/C14H17Cl2N3S/c1-14(2,3)13-18-10(15)8-12(19-13)17-7-6-9-4-5-11(16)20-9/h4-5,8H,6-7H2,1-3H3,(H,17,18,19). The first-order chi connectivity index (χ1) is 9.34. The van der Waals surface area contributed by atoms with Crippen LogP contribution in [-0.2, 0) is 11.8 Å². The number of halogens is 2. The topological polar surface area (TPSA) is 37.8 Å². The van der Waals surface area contributed by atoms with E-state index in [9.17, 15) is 0 Å². The summed E-state index contributed by atoms with van der Waals surface area (Å²) in [6.45, 7) is 6.98. The molecule has 0 aliphatic carbocycles. The fourth-order valence-electron chi connectivity index (χ4n) is 1.64. The van der Waals surface area contributed by atoms with Gasteiger partial charge in [-0.15, -0.1) is 11.3 Å². The highest BCUT2D eigenvalue weighted by molar-refractivity contribution is 7.16. The number of rotatable bonds is 4. The number of anilines is 1. The van der Waals surface area contributed by atoms with Crippen LogP contribution in [0.4, 0.5) is 5.82 Å². The van der Waals surface area contributed by atoms with E-state index in [0.717, 1.165) is 28.9 Å². The SMILES string of the molecule is CC(C)(C)c1nc(Cl)cc(NCCc2ccc(Cl)s2)n1. The molecule has 0 spiro atoms. The van der Waals surface area contributed by atoms with Crippen molar-refractivity contribution >= 4 is 40.4 Å². The van der Waals surface area contributed by atoms with E-state index in [1.54, 1.807) is 17.4 Å². The van der Waals surface area contributed by atoms with Crippen LogP contribution in [0.5, 0.6) is 0 Å². The minimum atomic E-state index is -0.122. The van der Waals surface area contributed by atoms with Gasteiger partial charge in [-0.2, -0.15) is 0 Å². The van der Waals surface area contributed by atoms with Gasteiger partial charge in [-0.3, -0.25) is 0 Å². The second kappa shape index (κ2) is 6.29. The van der Waals surface area contributed by atoms with Gasteiger partial charge in [0.1, 0.15) is 16.8 Å². The Balaban J connectivity index is 2.00. The van der Waals surface area contributed by atoms with Crippen molar-refractivity contribution in [2.75, 3.05) is 11.9 Å². The Labute approximate surface area is 133 Å². The lowest BCUT2D eigenvalue weighted by atomic mass is 9.96. The van der Waals surface area contributed by atoms with Gasteiger partial charge in [-0.05, 0) is 18.6 Å². The molecule has 2 heterocycles. The first-order valence-electron chi connectivity index (χ1n) is 6.38. The van der Waals surface area contributed by atoms with Crippen LogP contribution in [0.15, 0.2) is 18.2 Å². The molecule has 0 aliphatic rings. The molecule has 0 atom stereocenters. The molecule has 0 fully saturated rings. The molecule has 2 aromatic heterocycles. The smallest absolute Gasteiger partial charge is 0.137 e. The van der Waals surface area contributed by atoms with Crippen LogP contribution in [0.2, 0.25) is 9.49 Å². The minimum Gasteiger partial charge on any atom is -0.370 e. The number of nitrogens with zero attached hydrogens (tertiary/aromatic N) is 2. The molecule has 0 saturated heterocycles. The summed E-state index contributed by atoms with van der Waals surface area (Å²) in [5, 5.41) is 3.75. The summed E-state index contributed by atoms with van der Waals surface area (Å²) in [5.74, 6) is 1.50. The third kappa shape index (κ3) is 4.33. The monoisotopic (exact) mass is 329 g/mol. The average Bonchev–Trinajstić information content (AvgIpc) is 2.73. The Morgan fingerprint density at radius 2 is 1.95 bits per heavy atom. The van der Waals surface area contributed by atoms with Crippen molar-refractivity contribution in [2.24, 2.45) is 0 Å². The Kier molecular flexibility index (Phi) is 4.89. The summed E-state index contributed by atoms with van der Waals surface area (Å²) in [6.07, 6.45) is 0.907. The van der Waals surface area contributed by atoms with E-state index >= 15 is 0 Å². The zero-order valence-electron chi connectivity index (χ0n) is 11.7. The van der Waals surface area contributed by atoms with E-state index in [-0.39, 0.29) is 5.41 Å². The van der Waals surface area contributed by atoms with Crippen molar-refractivity contribution in [1.82, 2.24) is 9.97 Å². The molecule has 108 valence electrons. The molecular weight excluding hydrogens is 313 g/mol. The van der Waals surface area contributed by atoms with Crippen LogP contribution >= 0.6 is 34.5 Å². The van der Waals surface area contributed by atoms with E-state index in [2.05, 4.69) is 36.1 Å². The number of nitrogens with one attached hydrogen (secondary N) is 1. The zero-order valence-corrected chi connectivity index (χ0v) is 14.0. The first-order valence-corrected chi connectivity index (χ1v) is 7.95. The summed E-state index contributed by atoms with van der Waals surface area (Å²) >= 11 is 13.6. The second-order valence-electron chi connectivity index (χ2n) is 5.53. The van der Waals surface area contributed by atoms with Gasteiger partial charge in [0.05, 0.1) is 4.34 Å². The molecule has 3 nitrogen and oxygen atoms in total. The van der Waals surface area contributed by atoms with Crippen LogP contribution in [0.3, 0.4) is 0 Å². The van der Waals surface area contributed by atoms with Crippen LogP contribution in [0.25, 0.3) is 0 Å². The maximum absolute atomic E-state index is 6.05. The molecule has 0 aliphatic heterocycles. The summed E-state index contributed by atoms with van der Waals surface area (Å²) in [5.41, 5.74) is -0.122. The lowest BCUT2D eigenvalue weighted by molar-refractivity contribution is 0.546. The lowest BCUT2D eigenvalue weighted by Gasteiger charge is -2.17. The molecule has 0 bridgehead atoms. The van der Waals surface area contributed by atoms with Gasteiger partial charge in [0.2, 0.25) is 0 Å². The Hall–Kier alpha value is -0.840. The predicted molar refractivity (Wildman–Crippen MR) is 87.3 cm³/mol. The maximum atomic E-state index is 6.05. The fraction of sp³-hybridized carbons (Fsp3) is 0.429. The summed E-state index contributed by atoms with van der Waals surface area (Å²) in [4.78, 5) is 10.0. The van der Waals surface area contributed by atoms with Gasteiger partial charge in [-0.1, -0.05) is 44.0 Å². The normalized spacial score (nSPS) is 11.7. The van der Waals surface area contributed by atoms with Crippen LogP contribution in [-0.4, -0.2) is 16.5 Å². The van der Waals surface area contributed by atoms with Crippen molar-refractivity contribution in [1.29, 1.82) is 0 Å². The third-order valence-electron chi connectivity index (χ3n) is 2.67. The van der Waals surface area contributed by atoms with Crippen LogP contribution < -0.4 is 5.32 Å². The molecule has 0 aromatic carbocycles.